The molecule has 0 aliphatic carbocycles. The van der Waals surface area contributed by atoms with E-state index in [1.54, 1.807) is 11.3 Å². The Morgan fingerprint density at radius 1 is 1.14 bits per heavy atom. The molecule has 5 nitrogen and oxygen atoms in total. The highest BCUT2D eigenvalue weighted by atomic mass is 32.2. The molecule has 1 aliphatic heterocycles. The number of fused-ring (bicyclic) bond motifs is 2. The molecule has 0 bridgehead atoms. The normalized spacial score (nSPS) is 17.4. The number of nitrogens with one attached hydrogen (secondary N) is 1. The number of nitrogens with zero attached hydrogens (tertiary/aromatic N) is 3. The minimum absolute atomic E-state index is 0.177. The highest BCUT2D eigenvalue weighted by Crippen LogP contribution is 2.33. The van der Waals surface area contributed by atoms with E-state index in [-0.39, 0.29) is 5.91 Å². The largest absolute Gasteiger partial charge is 0.341 e. The first-order chi connectivity index (χ1) is 13.8. The minimum Gasteiger partial charge on any atom is -0.341 e. The summed E-state index contributed by atoms with van der Waals surface area (Å²) in [6.45, 7) is 1.60. The SMILES string of the molecule is O=C(CSc1nc2ccccc2[nH]1)N1CCC[C@@H](c2nc3ccccc3s2)C1. The van der Waals surface area contributed by atoms with Crippen LogP contribution >= 0.6 is 23.1 Å². The molecule has 3 heterocycles. The highest BCUT2D eigenvalue weighted by Gasteiger charge is 2.27. The number of amides is 1. The summed E-state index contributed by atoms with van der Waals surface area (Å²) in [6.07, 6.45) is 2.13. The highest BCUT2D eigenvalue weighted by molar-refractivity contribution is 7.99. The van der Waals surface area contributed by atoms with Crippen molar-refractivity contribution in [2.24, 2.45) is 0 Å². The van der Waals surface area contributed by atoms with Gasteiger partial charge in [-0.3, -0.25) is 4.79 Å². The molecule has 1 saturated heterocycles. The summed E-state index contributed by atoms with van der Waals surface area (Å²) < 4.78 is 1.22. The molecule has 4 aromatic rings. The molecular weight excluding hydrogens is 388 g/mol. The molecule has 5 rings (SSSR count). The number of H-pyrrole nitrogens is 1. The lowest BCUT2D eigenvalue weighted by Gasteiger charge is -2.31. The lowest BCUT2D eigenvalue weighted by Crippen LogP contribution is -2.40. The molecule has 0 radical (unpaired) electrons. The molecule has 1 N–H and O–H groups in total. The van der Waals surface area contributed by atoms with Crippen LogP contribution in [0.4, 0.5) is 0 Å². The molecule has 1 amide bonds. The summed E-state index contributed by atoms with van der Waals surface area (Å²) in [5.41, 5.74) is 3.00. The number of thiazole rings is 1. The monoisotopic (exact) mass is 408 g/mol. The summed E-state index contributed by atoms with van der Waals surface area (Å²) in [7, 11) is 0. The number of aromatic amines is 1. The van der Waals surface area contributed by atoms with Crippen LogP contribution in [0.2, 0.25) is 0 Å². The van der Waals surface area contributed by atoms with Crippen LogP contribution < -0.4 is 0 Å². The van der Waals surface area contributed by atoms with Gasteiger partial charge in [-0.1, -0.05) is 36.0 Å². The number of hydrogen-bond acceptors (Lipinski definition) is 5. The topological polar surface area (TPSA) is 61.9 Å². The number of rotatable bonds is 4. The maximum atomic E-state index is 12.8. The zero-order valence-corrected chi connectivity index (χ0v) is 16.9. The van der Waals surface area contributed by atoms with Crippen LogP contribution in [0.5, 0.6) is 0 Å². The van der Waals surface area contributed by atoms with Gasteiger partial charge in [-0.25, -0.2) is 9.97 Å². The Hall–Kier alpha value is -2.38. The van der Waals surface area contributed by atoms with Crippen molar-refractivity contribution in [1.29, 1.82) is 0 Å². The fourth-order valence-electron chi connectivity index (χ4n) is 3.69. The van der Waals surface area contributed by atoms with Gasteiger partial charge < -0.3 is 9.88 Å². The van der Waals surface area contributed by atoms with Crippen LogP contribution in [0, 0.1) is 0 Å². The van der Waals surface area contributed by atoms with Gasteiger partial charge in [-0.05, 0) is 37.1 Å². The molecule has 142 valence electrons. The number of benzene rings is 2. The van der Waals surface area contributed by atoms with E-state index in [1.807, 2.05) is 35.2 Å². The molecular formula is C21H20N4OS2. The number of carbonyl (C=O) groups is 1. The summed E-state index contributed by atoms with van der Waals surface area (Å²) >= 11 is 3.24. The third-order valence-electron chi connectivity index (χ3n) is 5.13. The van der Waals surface area contributed by atoms with Gasteiger partial charge in [-0.2, -0.15) is 0 Å². The number of likely N-dealkylation sites (tertiary alicyclic amines) is 1. The van der Waals surface area contributed by atoms with E-state index in [0.29, 0.717) is 11.7 Å². The predicted octanol–water partition coefficient (Wildman–Crippen LogP) is 4.67. The Labute approximate surface area is 171 Å². The number of hydrogen-bond donors (Lipinski definition) is 1. The molecule has 0 spiro atoms. The number of imidazole rings is 1. The van der Waals surface area contributed by atoms with Crippen molar-refractivity contribution in [3.05, 3.63) is 53.5 Å². The molecule has 28 heavy (non-hydrogen) atoms. The Morgan fingerprint density at radius 2 is 1.96 bits per heavy atom. The molecule has 2 aromatic carbocycles. The second-order valence-electron chi connectivity index (χ2n) is 7.05. The van der Waals surface area contributed by atoms with Crippen molar-refractivity contribution in [2.75, 3.05) is 18.8 Å². The maximum Gasteiger partial charge on any atom is 0.233 e. The van der Waals surface area contributed by atoms with Crippen LogP contribution in [0.15, 0.2) is 53.7 Å². The minimum atomic E-state index is 0.177. The molecule has 1 aliphatic rings. The van der Waals surface area contributed by atoms with Crippen LogP contribution in [-0.4, -0.2) is 44.6 Å². The summed E-state index contributed by atoms with van der Waals surface area (Å²) in [5, 5.41) is 1.96. The van der Waals surface area contributed by atoms with E-state index in [1.165, 1.54) is 16.5 Å². The first-order valence-corrected chi connectivity index (χ1v) is 11.3. The molecule has 1 fully saturated rings. The van der Waals surface area contributed by atoms with Crippen LogP contribution in [0.3, 0.4) is 0 Å². The van der Waals surface area contributed by atoms with Gasteiger partial charge in [0, 0.05) is 19.0 Å². The van der Waals surface area contributed by atoms with Gasteiger partial charge >= 0.3 is 0 Å². The fraction of sp³-hybridized carbons (Fsp3) is 0.286. The van der Waals surface area contributed by atoms with Gasteiger partial charge in [-0.15, -0.1) is 11.3 Å². The van der Waals surface area contributed by atoms with Crippen molar-refractivity contribution >= 4 is 50.3 Å². The Balaban J connectivity index is 1.24. The molecule has 0 saturated carbocycles. The van der Waals surface area contributed by atoms with Crippen molar-refractivity contribution in [3.63, 3.8) is 0 Å². The first kappa shape index (κ1) is 17.7. The average molecular weight is 409 g/mol. The van der Waals surface area contributed by atoms with Crippen molar-refractivity contribution in [1.82, 2.24) is 19.9 Å². The molecule has 2 aromatic heterocycles. The van der Waals surface area contributed by atoms with Crippen molar-refractivity contribution < 1.29 is 4.79 Å². The maximum absolute atomic E-state index is 12.8. The number of para-hydroxylation sites is 3. The van der Waals surface area contributed by atoms with Gasteiger partial charge in [0.05, 0.1) is 32.0 Å². The van der Waals surface area contributed by atoms with Crippen LogP contribution in [0.25, 0.3) is 21.3 Å². The number of thioether (sulfide) groups is 1. The molecule has 7 heteroatoms. The Kier molecular flexibility index (Phi) is 4.78. The van der Waals surface area contributed by atoms with E-state index in [0.717, 1.165) is 52.6 Å². The Bertz CT molecular complexity index is 1070. The van der Waals surface area contributed by atoms with Crippen LogP contribution in [0.1, 0.15) is 23.8 Å². The third kappa shape index (κ3) is 3.52. The summed E-state index contributed by atoms with van der Waals surface area (Å²) in [5.74, 6) is 0.925. The average Bonchev–Trinajstić information content (AvgIpc) is 3.35. The van der Waals surface area contributed by atoms with E-state index in [4.69, 9.17) is 4.98 Å². The predicted molar refractivity (Wildman–Crippen MR) is 115 cm³/mol. The molecule has 0 unspecified atom stereocenters. The number of carbonyl (C=O) groups excluding carboxylic acids is 1. The second kappa shape index (κ2) is 7.56. The van der Waals surface area contributed by atoms with E-state index >= 15 is 0 Å². The van der Waals surface area contributed by atoms with Gasteiger partial charge in [0.1, 0.15) is 0 Å². The summed E-state index contributed by atoms with van der Waals surface area (Å²) in [6, 6.07) is 16.2. The zero-order chi connectivity index (χ0) is 18.9. The lowest BCUT2D eigenvalue weighted by atomic mass is 9.99. The van der Waals surface area contributed by atoms with Crippen LogP contribution in [-0.2, 0) is 4.79 Å². The smallest absolute Gasteiger partial charge is 0.233 e. The standard InChI is InChI=1S/C21H20N4OS2/c26-19(13-27-21-23-15-7-1-2-8-16(15)24-21)25-11-5-6-14(12-25)20-22-17-9-3-4-10-18(17)28-20/h1-4,7-10,14H,5-6,11-13H2,(H,23,24)/t14-/m1/s1. The van der Waals surface area contributed by atoms with Crippen molar-refractivity contribution in [3.8, 4) is 0 Å². The molecule has 1 atom stereocenters. The number of piperidine rings is 1. The first-order valence-electron chi connectivity index (χ1n) is 9.47. The number of aromatic nitrogens is 3. The quantitative estimate of drug-likeness (QED) is 0.499. The lowest BCUT2D eigenvalue weighted by molar-refractivity contribution is -0.129. The van der Waals surface area contributed by atoms with E-state index in [2.05, 4.69) is 28.2 Å². The van der Waals surface area contributed by atoms with Gasteiger partial charge in [0.15, 0.2) is 5.16 Å². The third-order valence-corrected chi connectivity index (χ3v) is 7.19. The second-order valence-corrected chi connectivity index (χ2v) is 9.07. The van der Waals surface area contributed by atoms with Crippen molar-refractivity contribution in [2.45, 2.75) is 23.9 Å². The van der Waals surface area contributed by atoms with E-state index in [9.17, 15) is 4.79 Å². The van der Waals surface area contributed by atoms with E-state index < -0.39 is 0 Å². The van der Waals surface area contributed by atoms with Gasteiger partial charge in [0.2, 0.25) is 5.91 Å². The Morgan fingerprint density at radius 3 is 2.82 bits per heavy atom. The summed E-state index contributed by atoms with van der Waals surface area (Å²) in [4.78, 5) is 27.4. The fourth-order valence-corrected chi connectivity index (χ4v) is 5.57. The zero-order valence-electron chi connectivity index (χ0n) is 15.3. The van der Waals surface area contributed by atoms with Gasteiger partial charge in [0.25, 0.3) is 0 Å².